The second-order valence-corrected chi connectivity index (χ2v) is 4.06. The lowest BCUT2D eigenvalue weighted by molar-refractivity contribution is -0.141. The molecule has 1 aromatic heterocycles. The largest absolute Gasteiger partial charge is 0.481 e. The molecule has 1 atom stereocenters. The van der Waals surface area contributed by atoms with E-state index in [1.165, 1.54) is 11.3 Å². The van der Waals surface area contributed by atoms with E-state index in [2.05, 4.69) is 0 Å². The Kier molecular flexibility index (Phi) is 1.92. The number of rotatable bonds is 1. The summed E-state index contributed by atoms with van der Waals surface area (Å²) in [6, 6.07) is 1.84. The molecule has 0 spiro atoms. The summed E-state index contributed by atoms with van der Waals surface area (Å²) in [7, 11) is 0. The van der Waals surface area contributed by atoms with Gasteiger partial charge >= 0.3 is 5.97 Å². The number of thiophene rings is 1. The van der Waals surface area contributed by atoms with Gasteiger partial charge in [0.15, 0.2) is 5.78 Å². The molecule has 0 aromatic carbocycles. The molecule has 13 heavy (non-hydrogen) atoms. The van der Waals surface area contributed by atoms with Crippen LogP contribution in [-0.4, -0.2) is 16.9 Å². The SMILES string of the molecule is O=C1CC(C(=O)O)Cc2ccsc21. The summed E-state index contributed by atoms with van der Waals surface area (Å²) < 4.78 is 0. The van der Waals surface area contributed by atoms with Crippen molar-refractivity contribution in [1.29, 1.82) is 0 Å². The molecule has 4 heteroatoms. The maximum absolute atomic E-state index is 11.4. The summed E-state index contributed by atoms with van der Waals surface area (Å²) in [5, 5.41) is 10.6. The fraction of sp³-hybridized carbons (Fsp3) is 0.333. The highest BCUT2D eigenvalue weighted by atomic mass is 32.1. The van der Waals surface area contributed by atoms with Crippen molar-refractivity contribution in [1.82, 2.24) is 0 Å². The predicted octanol–water partition coefficient (Wildman–Crippen LogP) is 1.58. The van der Waals surface area contributed by atoms with Gasteiger partial charge in [0, 0.05) is 6.42 Å². The van der Waals surface area contributed by atoms with E-state index in [1.807, 2.05) is 11.4 Å². The minimum Gasteiger partial charge on any atom is -0.481 e. The first-order valence-electron chi connectivity index (χ1n) is 4.01. The zero-order valence-electron chi connectivity index (χ0n) is 6.82. The Labute approximate surface area is 79.0 Å². The fourth-order valence-corrected chi connectivity index (χ4v) is 2.46. The minimum atomic E-state index is -0.870. The van der Waals surface area contributed by atoms with Crippen molar-refractivity contribution in [2.45, 2.75) is 12.8 Å². The van der Waals surface area contributed by atoms with Crippen molar-refractivity contribution >= 4 is 23.1 Å². The quantitative estimate of drug-likeness (QED) is 0.741. The second-order valence-electron chi connectivity index (χ2n) is 3.14. The van der Waals surface area contributed by atoms with Crippen molar-refractivity contribution in [2.75, 3.05) is 0 Å². The third kappa shape index (κ3) is 1.37. The van der Waals surface area contributed by atoms with Gasteiger partial charge in [0.05, 0.1) is 10.8 Å². The number of hydrogen-bond donors (Lipinski definition) is 1. The Bertz CT molecular complexity index is 367. The summed E-state index contributed by atoms with van der Waals surface area (Å²) in [6.07, 6.45) is 0.656. The lowest BCUT2D eigenvalue weighted by Gasteiger charge is -2.16. The molecule has 0 radical (unpaired) electrons. The van der Waals surface area contributed by atoms with Gasteiger partial charge < -0.3 is 5.11 Å². The highest BCUT2D eigenvalue weighted by molar-refractivity contribution is 7.12. The van der Waals surface area contributed by atoms with Crippen LogP contribution in [0.1, 0.15) is 21.7 Å². The Morgan fingerprint density at radius 3 is 3.00 bits per heavy atom. The summed E-state index contributed by atoms with van der Waals surface area (Å²) in [5.41, 5.74) is 0.897. The van der Waals surface area contributed by atoms with Gasteiger partial charge in [0.25, 0.3) is 0 Å². The van der Waals surface area contributed by atoms with Gasteiger partial charge in [0.2, 0.25) is 0 Å². The van der Waals surface area contributed by atoms with E-state index in [-0.39, 0.29) is 12.2 Å². The minimum absolute atomic E-state index is 0.0244. The Morgan fingerprint density at radius 2 is 2.31 bits per heavy atom. The van der Waals surface area contributed by atoms with Gasteiger partial charge in [-0.3, -0.25) is 9.59 Å². The number of carboxylic acids is 1. The molecule has 1 aromatic rings. The number of carbonyl (C=O) groups is 2. The summed E-state index contributed by atoms with van der Waals surface area (Å²) in [5.74, 6) is -1.41. The molecule has 0 aliphatic heterocycles. The number of Topliss-reactive ketones (excluding diaryl/α,β-unsaturated/α-hetero) is 1. The topological polar surface area (TPSA) is 54.4 Å². The van der Waals surface area contributed by atoms with Gasteiger partial charge in [-0.15, -0.1) is 11.3 Å². The molecule has 1 aliphatic rings. The smallest absolute Gasteiger partial charge is 0.307 e. The molecule has 2 rings (SSSR count). The highest BCUT2D eigenvalue weighted by Crippen LogP contribution is 2.29. The third-order valence-electron chi connectivity index (χ3n) is 2.25. The van der Waals surface area contributed by atoms with Crippen LogP contribution in [0.2, 0.25) is 0 Å². The predicted molar refractivity (Wildman–Crippen MR) is 48.1 cm³/mol. The zero-order valence-corrected chi connectivity index (χ0v) is 7.63. The van der Waals surface area contributed by atoms with Crippen LogP contribution in [0.25, 0.3) is 0 Å². The molecule has 0 saturated heterocycles. The van der Waals surface area contributed by atoms with Crippen LogP contribution < -0.4 is 0 Å². The summed E-state index contributed by atoms with van der Waals surface area (Å²) in [6.45, 7) is 0. The molecular formula is C9H8O3S. The highest BCUT2D eigenvalue weighted by Gasteiger charge is 2.30. The lowest BCUT2D eigenvalue weighted by atomic mass is 9.88. The molecule has 0 fully saturated rings. The van der Waals surface area contributed by atoms with E-state index in [4.69, 9.17) is 5.11 Å². The first-order valence-corrected chi connectivity index (χ1v) is 4.89. The molecule has 68 valence electrons. The van der Waals surface area contributed by atoms with Gasteiger partial charge in [-0.25, -0.2) is 0 Å². The van der Waals surface area contributed by atoms with E-state index < -0.39 is 11.9 Å². The van der Waals surface area contributed by atoms with Crippen LogP contribution in [0.5, 0.6) is 0 Å². The second kappa shape index (κ2) is 2.96. The zero-order chi connectivity index (χ0) is 9.42. The summed E-state index contributed by atoms with van der Waals surface area (Å²) in [4.78, 5) is 22.8. The first-order chi connectivity index (χ1) is 6.18. The molecule has 1 unspecified atom stereocenters. The fourth-order valence-electron chi connectivity index (χ4n) is 1.57. The van der Waals surface area contributed by atoms with Gasteiger partial charge in [0.1, 0.15) is 0 Å². The van der Waals surface area contributed by atoms with Crippen LogP contribution in [-0.2, 0) is 11.2 Å². The number of carbonyl (C=O) groups excluding carboxylic acids is 1. The van der Waals surface area contributed by atoms with E-state index in [0.29, 0.717) is 6.42 Å². The Hall–Kier alpha value is -1.16. The normalized spacial score (nSPS) is 21.2. The van der Waals surface area contributed by atoms with Crippen LogP contribution in [0.4, 0.5) is 0 Å². The van der Waals surface area contributed by atoms with Crippen LogP contribution in [0.3, 0.4) is 0 Å². The molecule has 1 N–H and O–H groups in total. The molecule has 1 heterocycles. The average molecular weight is 196 g/mol. The number of aliphatic carboxylic acids is 1. The summed E-state index contributed by atoms with van der Waals surface area (Å²) >= 11 is 1.40. The molecule has 0 amide bonds. The van der Waals surface area contributed by atoms with E-state index >= 15 is 0 Å². The Balaban J connectivity index is 2.34. The van der Waals surface area contributed by atoms with Gasteiger partial charge in [-0.2, -0.15) is 0 Å². The molecular weight excluding hydrogens is 188 g/mol. The van der Waals surface area contributed by atoms with Crippen molar-refractivity contribution < 1.29 is 14.7 Å². The monoisotopic (exact) mass is 196 g/mol. The molecule has 1 aliphatic carbocycles. The lowest BCUT2D eigenvalue weighted by Crippen LogP contribution is -2.24. The van der Waals surface area contributed by atoms with E-state index in [0.717, 1.165) is 10.4 Å². The first kappa shape index (κ1) is 8.44. The third-order valence-corrected chi connectivity index (χ3v) is 3.25. The number of carboxylic acid groups (broad SMARTS) is 1. The molecule has 0 bridgehead atoms. The molecule has 3 nitrogen and oxygen atoms in total. The van der Waals surface area contributed by atoms with Crippen molar-refractivity contribution in [3.05, 3.63) is 21.9 Å². The van der Waals surface area contributed by atoms with Crippen LogP contribution in [0, 0.1) is 5.92 Å². The van der Waals surface area contributed by atoms with Crippen molar-refractivity contribution in [3.63, 3.8) is 0 Å². The van der Waals surface area contributed by atoms with Gasteiger partial charge in [-0.1, -0.05) is 0 Å². The standard InChI is InChI=1S/C9H8O3S/c10-7-4-6(9(11)12)3-5-1-2-13-8(5)7/h1-2,6H,3-4H2,(H,11,12). The van der Waals surface area contributed by atoms with Crippen LogP contribution in [0.15, 0.2) is 11.4 Å². The van der Waals surface area contributed by atoms with E-state index in [9.17, 15) is 9.59 Å². The van der Waals surface area contributed by atoms with Crippen LogP contribution >= 0.6 is 11.3 Å². The Morgan fingerprint density at radius 1 is 1.54 bits per heavy atom. The van der Waals surface area contributed by atoms with Gasteiger partial charge in [-0.05, 0) is 23.4 Å². The maximum atomic E-state index is 11.4. The maximum Gasteiger partial charge on any atom is 0.307 e. The van der Waals surface area contributed by atoms with Crippen molar-refractivity contribution in [3.8, 4) is 0 Å². The van der Waals surface area contributed by atoms with E-state index in [1.54, 1.807) is 0 Å². The molecule has 0 saturated carbocycles. The number of fused-ring (bicyclic) bond motifs is 1. The average Bonchev–Trinajstić information content (AvgIpc) is 2.51. The number of ketones is 1. The van der Waals surface area contributed by atoms with Crippen molar-refractivity contribution in [2.24, 2.45) is 5.92 Å². The number of hydrogen-bond acceptors (Lipinski definition) is 3.